The average molecular weight is 295 g/mol. The van der Waals surface area contributed by atoms with Crippen LogP contribution in [0.2, 0.25) is 0 Å². The Kier molecular flexibility index (Phi) is 4.86. The van der Waals surface area contributed by atoms with Gasteiger partial charge in [-0.05, 0) is 30.5 Å². The van der Waals surface area contributed by atoms with E-state index in [1.54, 1.807) is 0 Å². The monoisotopic (exact) mass is 295 g/mol. The van der Waals surface area contributed by atoms with E-state index in [1.165, 1.54) is 0 Å². The van der Waals surface area contributed by atoms with Crippen LogP contribution in [0.15, 0.2) is 60.7 Å². The maximum atomic E-state index is 12.7. The Labute approximate surface area is 131 Å². The van der Waals surface area contributed by atoms with Gasteiger partial charge in [0.1, 0.15) is 0 Å². The number of anilines is 1. The molecule has 1 aliphatic heterocycles. The van der Waals surface area contributed by atoms with E-state index in [4.69, 9.17) is 4.74 Å². The molecule has 1 amide bonds. The molecule has 1 unspecified atom stereocenters. The molecule has 114 valence electrons. The molecule has 0 bridgehead atoms. The highest BCUT2D eigenvalue weighted by molar-refractivity contribution is 5.93. The summed E-state index contributed by atoms with van der Waals surface area (Å²) in [7, 11) is 0. The van der Waals surface area contributed by atoms with Crippen LogP contribution in [0.4, 0.5) is 5.69 Å². The predicted molar refractivity (Wildman–Crippen MR) is 87.7 cm³/mol. The summed E-state index contributed by atoms with van der Waals surface area (Å²) in [5.41, 5.74) is 2.07. The lowest BCUT2D eigenvalue weighted by Crippen LogP contribution is -2.32. The molecule has 0 saturated carbocycles. The number of nitrogens with zero attached hydrogens (tertiary/aromatic N) is 1. The number of para-hydroxylation sites is 1. The average Bonchev–Trinajstić information content (AvgIpc) is 3.07. The van der Waals surface area contributed by atoms with E-state index in [0.29, 0.717) is 13.0 Å². The summed E-state index contributed by atoms with van der Waals surface area (Å²) >= 11 is 0. The van der Waals surface area contributed by atoms with Crippen molar-refractivity contribution in [1.29, 1.82) is 0 Å². The first-order chi connectivity index (χ1) is 10.8. The van der Waals surface area contributed by atoms with Gasteiger partial charge in [-0.1, -0.05) is 48.5 Å². The smallest absolute Gasteiger partial charge is 0.229 e. The van der Waals surface area contributed by atoms with Crippen LogP contribution in [-0.4, -0.2) is 18.6 Å². The molecule has 22 heavy (non-hydrogen) atoms. The molecule has 2 aromatic carbocycles. The minimum atomic E-state index is 0.0782. The first-order valence-corrected chi connectivity index (χ1v) is 7.84. The Morgan fingerprint density at radius 2 is 1.73 bits per heavy atom. The second kappa shape index (κ2) is 7.23. The second-order valence-electron chi connectivity index (χ2n) is 5.64. The molecule has 3 rings (SSSR count). The number of rotatable bonds is 5. The fourth-order valence-corrected chi connectivity index (χ4v) is 2.81. The Balaban J connectivity index is 1.77. The summed E-state index contributed by atoms with van der Waals surface area (Å²) < 4.78 is 5.61. The van der Waals surface area contributed by atoms with Crippen LogP contribution in [0, 0.1) is 0 Å². The zero-order chi connectivity index (χ0) is 15.2. The molecular formula is C19H21NO2. The minimum Gasteiger partial charge on any atom is -0.378 e. The van der Waals surface area contributed by atoms with Crippen LogP contribution >= 0.6 is 0 Å². The third-order valence-corrected chi connectivity index (χ3v) is 3.98. The summed E-state index contributed by atoms with van der Waals surface area (Å²) in [5, 5.41) is 0. The van der Waals surface area contributed by atoms with Gasteiger partial charge in [-0.3, -0.25) is 4.79 Å². The van der Waals surface area contributed by atoms with E-state index in [2.05, 4.69) is 12.1 Å². The van der Waals surface area contributed by atoms with E-state index in [9.17, 15) is 4.79 Å². The van der Waals surface area contributed by atoms with Gasteiger partial charge >= 0.3 is 0 Å². The molecule has 0 radical (unpaired) electrons. The number of benzene rings is 2. The van der Waals surface area contributed by atoms with Crippen molar-refractivity contribution in [2.24, 2.45) is 0 Å². The fraction of sp³-hybridized carbons (Fsp3) is 0.316. The number of ether oxygens (including phenoxy) is 1. The lowest BCUT2D eigenvalue weighted by Gasteiger charge is -2.24. The second-order valence-corrected chi connectivity index (χ2v) is 5.64. The Morgan fingerprint density at radius 1 is 1.05 bits per heavy atom. The number of hydrogen-bond acceptors (Lipinski definition) is 2. The molecule has 1 fully saturated rings. The lowest BCUT2D eigenvalue weighted by atomic mass is 10.1. The number of amides is 1. The van der Waals surface area contributed by atoms with Crippen LogP contribution in [0.3, 0.4) is 0 Å². The molecule has 1 saturated heterocycles. The highest BCUT2D eigenvalue weighted by Gasteiger charge is 2.23. The summed E-state index contributed by atoms with van der Waals surface area (Å²) in [4.78, 5) is 14.6. The number of carbonyl (C=O) groups excluding carboxylic acids is 1. The standard InChI is InChI=1S/C19H21NO2/c21-19(14-18-12-7-13-22-18)20(17-10-5-2-6-11-17)15-16-8-3-1-4-9-16/h1-6,8-11,18H,7,12-15H2. The largest absolute Gasteiger partial charge is 0.378 e. The minimum absolute atomic E-state index is 0.0782. The zero-order valence-corrected chi connectivity index (χ0v) is 12.7. The summed E-state index contributed by atoms with van der Waals surface area (Å²) in [6.07, 6.45) is 2.58. The van der Waals surface area contributed by atoms with Crippen molar-refractivity contribution in [2.45, 2.75) is 31.9 Å². The highest BCUT2D eigenvalue weighted by Crippen LogP contribution is 2.22. The van der Waals surface area contributed by atoms with Crippen LogP contribution in [0.5, 0.6) is 0 Å². The quantitative estimate of drug-likeness (QED) is 0.840. The van der Waals surface area contributed by atoms with E-state index in [1.807, 2.05) is 53.4 Å². The Morgan fingerprint density at radius 3 is 2.36 bits per heavy atom. The van der Waals surface area contributed by atoms with Crippen molar-refractivity contribution in [2.75, 3.05) is 11.5 Å². The van der Waals surface area contributed by atoms with Gasteiger partial charge in [0.2, 0.25) is 5.91 Å². The van der Waals surface area contributed by atoms with Crippen LogP contribution in [0.25, 0.3) is 0 Å². The van der Waals surface area contributed by atoms with Crippen molar-refractivity contribution in [3.05, 3.63) is 66.2 Å². The van der Waals surface area contributed by atoms with Crippen LogP contribution < -0.4 is 4.90 Å². The van der Waals surface area contributed by atoms with Gasteiger partial charge in [-0.15, -0.1) is 0 Å². The first kappa shape index (κ1) is 14.8. The first-order valence-electron chi connectivity index (χ1n) is 7.84. The predicted octanol–water partition coefficient (Wildman–Crippen LogP) is 3.79. The molecule has 3 nitrogen and oxygen atoms in total. The molecular weight excluding hydrogens is 274 g/mol. The SMILES string of the molecule is O=C(CC1CCCO1)N(Cc1ccccc1)c1ccccc1. The molecule has 1 aliphatic rings. The van der Waals surface area contributed by atoms with Gasteiger partial charge in [-0.25, -0.2) is 0 Å². The maximum Gasteiger partial charge on any atom is 0.229 e. The summed E-state index contributed by atoms with van der Waals surface area (Å²) in [6, 6.07) is 20.0. The molecule has 0 aliphatic carbocycles. The zero-order valence-electron chi connectivity index (χ0n) is 12.7. The van der Waals surface area contributed by atoms with E-state index in [-0.39, 0.29) is 12.0 Å². The number of carbonyl (C=O) groups is 1. The third kappa shape index (κ3) is 3.74. The lowest BCUT2D eigenvalue weighted by molar-refractivity contribution is -0.120. The van der Waals surface area contributed by atoms with Crippen molar-refractivity contribution in [3.8, 4) is 0 Å². The van der Waals surface area contributed by atoms with Crippen molar-refractivity contribution in [1.82, 2.24) is 0 Å². The van der Waals surface area contributed by atoms with Crippen molar-refractivity contribution in [3.63, 3.8) is 0 Å². The van der Waals surface area contributed by atoms with E-state index >= 15 is 0 Å². The van der Waals surface area contributed by atoms with Gasteiger partial charge in [-0.2, -0.15) is 0 Å². The molecule has 1 heterocycles. The molecule has 0 spiro atoms. The molecule has 0 aromatic heterocycles. The Bertz CT molecular complexity index is 591. The third-order valence-electron chi connectivity index (χ3n) is 3.98. The van der Waals surface area contributed by atoms with Gasteiger partial charge < -0.3 is 9.64 Å². The normalized spacial score (nSPS) is 17.4. The van der Waals surface area contributed by atoms with Gasteiger partial charge in [0.25, 0.3) is 0 Å². The number of hydrogen-bond donors (Lipinski definition) is 0. The summed E-state index contributed by atoms with van der Waals surface area (Å²) in [6.45, 7) is 1.37. The summed E-state index contributed by atoms with van der Waals surface area (Å²) in [5.74, 6) is 0.127. The van der Waals surface area contributed by atoms with Crippen molar-refractivity contribution >= 4 is 11.6 Å². The van der Waals surface area contributed by atoms with E-state index < -0.39 is 0 Å². The van der Waals surface area contributed by atoms with Gasteiger partial charge in [0, 0.05) is 12.3 Å². The van der Waals surface area contributed by atoms with Crippen molar-refractivity contribution < 1.29 is 9.53 Å². The molecule has 1 atom stereocenters. The van der Waals surface area contributed by atoms with E-state index in [0.717, 1.165) is 30.7 Å². The molecule has 2 aromatic rings. The topological polar surface area (TPSA) is 29.5 Å². The van der Waals surface area contributed by atoms with Crippen LogP contribution in [-0.2, 0) is 16.1 Å². The Hall–Kier alpha value is -2.13. The molecule has 3 heteroatoms. The van der Waals surface area contributed by atoms with Gasteiger partial charge in [0.05, 0.1) is 19.1 Å². The van der Waals surface area contributed by atoms with Crippen LogP contribution in [0.1, 0.15) is 24.8 Å². The highest BCUT2D eigenvalue weighted by atomic mass is 16.5. The molecule has 0 N–H and O–H groups in total. The maximum absolute atomic E-state index is 12.7. The fourth-order valence-electron chi connectivity index (χ4n) is 2.81. The van der Waals surface area contributed by atoms with Gasteiger partial charge in [0.15, 0.2) is 0 Å².